The second-order valence-corrected chi connectivity index (χ2v) is 6.91. The third-order valence-electron chi connectivity index (χ3n) is 3.94. The molecular weight excluding hydrogens is 310 g/mol. The van der Waals surface area contributed by atoms with Crippen LogP contribution in [0.4, 0.5) is 0 Å². The molecule has 2 rings (SSSR count). The lowest BCUT2D eigenvalue weighted by Crippen LogP contribution is -2.52. The average Bonchev–Trinajstić information content (AvgIpc) is 2.41. The van der Waals surface area contributed by atoms with Crippen molar-refractivity contribution in [3.63, 3.8) is 0 Å². The van der Waals surface area contributed by atoms with Crippen LogP contribution in [0.15, 0.2) is 16.9 Å². The molecule has 126 valence electrons. The number of nitrogens with zero attached hydrogens (tertiary/aromatic N) is 3. The van der Waals surface area contributed by atoms with Crippen LogP contribution in [0.25, 0.3) is 0 Å². The molecule has 2 aliphatic heterocycles. The smallest absolute Gasteiger partial charge is 0.368 e. The number of hydroxylamine groups is 2. The van der Waals surface area contributed by atoms with Gasteiger partial charge in [0.15, 0.2) is 0 Å². The number of guanidine groups is 1. The van der Waals surface area contributed by atoms with Crippen LogP contribution in [0.5, 0.6) is 0 Å². The fourth-order valence-corrected chi connectivity index (χ4v) is 3.08. The SMILES string of the molecule is CC(C)C1CCCN(C2=CC(N)N(OS(=O)(=O)O)C(N)=N2)C1. The minimum absolute atomic E-state index is 0.214. The summed E-state index contributed by atoms with van der Waals surface area (Å²) in [6.07, 6.45) is 2.83. The lowest BCUT2D eigenvalue weighted by Gasteiger charge is -2.38. The first-order chi connectivity index (χ1) is 10.2. The lowest BCUT2D eigenvalue weighted by molar-refractivity contribution is -0.0136. The average molecular weight is 333 g/mol. The fourth-order valence-electron chi connectivity index (χ4n) is 2.70. The van der Waals surface area contributed by atoms with Gasteiger partial charge in [0.25, 0.3) is 0 Å². The summed E-state index contributed by atoms with van der Waals surface area (Å²) in [6.45, 7) is 6.08. The van der Waals surface area contributed by atoms with Gasteiger partial charge in [0.2, 0.25) is 5.96 Å². The third kappa shape index (κ3) is 4.09. The third-order valence-corrected chi connectivity index (χ3v) is 4.29. The van der Waals surface area contributed by atoms with E-state index in [0.29, 0.717) is 22.7 Å². The van der Waals surface area contributed by atoms with Gasteiger partial charge >= 0.3 is 10.4 Å². The summed E-state index contributed by atoms with van der Waals surface area (Å²) in [6, 6.07) is 0. The molecule has 22 heavy (non-hydrogen) atoms. The highest BCUT2D eigenvalue weighted by atomic mass is 32.3. The van der Waals surface area contributed by atoms with E-state index in [0.717, 1.165) is 19.5 Å². The molecule has 5 N–H and O–H groups in total. The predicted molar refractivity (Wildman–Crippen MR) is 81.3 cm³/mol. The van der Waals surface area contributed by atoms with E-state index in [1.54, 1.807) is 6.08 Å². The Balaban J connectivity index is 2.12. The molecular formula is C12H23N5O4S. The summed E-state index contributed by atoms with van der Waals surface area (Å²) in [7, 11) is -4.71. The molecule has 10 heteroatoms. The predicted octanol–water partition coefficient (Wildman–Crippen LogP) is -0.155. The first kappa shape index (κ1) is 17.0. The van der Waals surface area contributed by atoms with E-state index in [-0.39, 0.29) is 5.96 Å². The van der Waals surface area contributed by atoms with E-state index in [2.05, 4.69) is 28.0 Å². The summed E-state index contributed by atoms with van der Waals surface area (Å²) in [5, 5.41) is 0.655. The molecule has 0 amide bonds. The van der Waals surface area contributed by atoms with Crippen molar-refractivity contribution in [2.75, 3.05) is 13.1 Å². The minimum Gasteiger partial charge on any atom is -0.368 e. The molecule has 2 unspecified atom stereocenters. The summed E-state index contributed by atoms with van der Waals surface area (Å²) in [5.74, 6) is 1.52. The molecule has 0 spiro atoms. The van der Waals surface area contributed by atoms with Crippen molar-refractivity contribution < 1.29 is 17.3 Å². The topological polar surface area (TPSA) is 134 Å². The summed E-state index contributed by atoms with van der Waals surface area (Å²) in [5.41, 5.74) is 11.5. The molecule has 2 aliphatic rings. The molecule has 1 fully saturated rings. The summed E-state index contributed by atoms with van der Waals surface area (Å²) >= 11 is 0. The van der Waals surface area contributed by atoms with Crippen molar-refractivity contribution in [2.24, 2.45) is 28.3 Å². The molecule has 0 aromatic carbocycles. The molecule has 9 nitrogen and oxygen atoms in total. The summed E-state index contributed by atoms with van der Waals surface area (Å²) in [4.78, 5) is 6.23. The highest BCUT2D eigenvalue weighted by Crippen LogP contribution is 2.27. The van der Waals surface area contributed by atoms with Crippen LogP contribution < -0.4 is 11.5 Å². The van der Waals surface area contributed by atoms with Gasteiger partial charge in [-0.2, -0.15) is 18.5 Å². The minimum atomic E-state index is -4.71. The molecule has 0 aliphatic carbocycles. The highest BCUT2D eigenvalue weighted by molar-refractivity contribution is 7.80. The standard InChI is InChI=1S/C12H23N5O4S/c1-8(2)9-4-3-5-16(7-9)11-6-10(13)17(12(14)15-11)21-22(18,19)20/h6,8-10H,3-5,7,13H2,1-2H3,(H2,14,15)(H,18,19,20). The second kappa shape index (κ2) is 6.41. The zero-order valence-electron chi connectivity index (χ0n) is 12.7. The quantitative estimate of drug-likeness (QED) is 0.604. The van der Waals surface area contributed by atoms with Crippen LogP contribution in [-0.2, 0) is 14.7 Å². The number of hydrogen-bond donors (Lipinski definition) is 3. The van der Waals surface area contributed by atoms with Gasteiger partial charge in [-0.25, -0.2) is 0 Å². The van der Waals surface area contributed by atoms with Crippen LogP contribution >= 0.6 is 0 Å². The van der Waals surface area contributed by atoms with Crippen molar-refractivity contribution in [3.05, 3.63) is 11.9 Å². The monoisotopic (exact) mass is 333 g/mol. The molecule has 0 bridgehead atoms. The lowest BCUT2D eigenvalue weighted by atomic mass is 9.88. The number of hydrogen-bond acceptors (Lipinski definition) is 8. The van der Waals surface area contributed by atoms with Crippen LogP contribution in [0.1, 0.15) is 26.7 Å². The van der Waals surface area contributed by atoms with Crippen molar-refractivity contribution >= 4 is 16.4 Å². The maximum Gasteiger partial charge on any atom is 0.418 e. The molecule has 0 saturated carbocycles. The molecule has 2 atom stereocenters. The largest absolute Gasteiger partial charge is 0.418 e. The number of aliphatic imine (C=N–C) groups is 1. The Morgan fingerprint density at radius 1 is 1.50 bits per heavy atom. The van der Waals surface area contributed by atoms with E-state index < -0.39 is 16.6 Å². The van der Waals surface area contributed by atoms with Gasteiger partial charge in [0, 0.05) is 13.1 Å². The second-order valence-electron chi connectivity index (χ2n) is 5.91. The Hall–Kier alpha value is -1.36. The Labute approximate surface area is 130 Å². The Morgan fingerprint density at radius 2 is 2.18 bits per heavy atom. The zero-order valence-corrected chi connectivity index (χ0v) is 13.5. The van der Waals surface area contributed by atoms with E-state index in [4.69, 9.17) is 16.0 Å². The van der Waals surface area contributed by atoms with Gasteiger partial charge in [-0.1, -0.05) is 13.8 Å². The van der Waals surface area contributed by atoms with Crippen molar-refractivity contribution in [1.82, 2.24) is 9.96 Å². The molecule has 0 radical (unpaired) electrons. The Morgan fingerprint density at radius 3 is 2.73 bits per heavy atom. The van der Waals surface area contributed by atoms with Gasteiger partial charge in [-0.05, 0) is 30.8 Å². The Kier molecular flexibility index (Phi) is 4.95. The number of rotatable bonds is 4. The summed E-state index contributed by atoms with van der Waals surface area (Å²) < 4.78 is 34.6. The molecule has 1 saturated heterocycles. The first-order valence-electron chi connectivity index (χ1n) is 7.20. The maximum atomic E-state index is 10.8. The van der Waals surface area contributed by atoms with E-state index >= 15 is 0 Å². The molecule has 0 aromatic heterocycles. The van der Waals surface area contributed by atoms with Crippen molar-refractivity contribution in [3.8, 4) is 0 Å². The van der Waals surface area contributed by atoms with Crippen LogP contribution in [0, 0.1) is 11.8 Å². The van der Waals surface area contributed by atoms with E-state index in [9.17, 15) is 8.42 Å². The van der Waals surface area contributed by atoms with Crippen LogP contribution in [0.2, 0.25) is 0 Å². The van der Waals surface area contributed by atoms with Gasteiger partial charge in [-0.15, -0.1) is 4.28 Å². The van der Waals surface area contributed by atoms with Crippen molar-refractivity contribution in [2.45, 2.75) is 32.9 Å². The normalized spacial score (nSPS) is 27.0. The number of nitrogens with two attached hydrogens (primary N) is 2. The maximum absolute atomic E-state index is 10.8. The van der Waals surface area contributed by atoms with Crippen LogP contribution in [-0.4, -0.2) is 48.1 Å². The zero-order chi connectivity index (χ0) is 16.5. The van der Waals surface area contributed by atoms with Gasteiger partial charge in [0.05, 0.1) is 0 Å². The number of piperidine rings is 1. The van der Waals surface area contributed by atoms with E-state index in [1.807, 2.05) is 0 Å². The van der Waals surface area contributed by atoms with Gasteiger partial charge in [-0.3, -0.25) is 4.55 Å². The van der Waals surface area contributed by atoms with Crippen molar-refractivity contribution in [1.29, 1.82) is 0 Å². The molecule has 0 aromatic rings. The number of likely N-dealkylation sites (tertiary alicyclic amines) is 1. The molecule has 2 heterocycles. The Bertz CT molecular complexity index is 574. The fraction of sp³-hybridized carbons (Fsp3) is 0.750. The van der Waals surface area contributed by atoms with Gasteiger partial charge in [0.1, 0.15) is 12.0 Å². The van der Waals surface area contributed by atoms with Crippen LogP contribution in [0.3, 0.4) is 0 Å². The van der Waals surface area contributed by atoms with E-state index in [1.165, 1.54) is 6.42 Å². The first-order valence-corrected chi connectivity index (χ1v) is 8.56. The van der Waals surface area contributed by atoms with Gasteiger partial charge < -0.3 is 16.4 Å². The highest BCUT2D eigenvalue weighted by Gasteiger charge is 2.30.